The predicted octanol–water partition coefficient (Wildman–Crippen LogP) is 2.20. The summed E-state index contributed by atoms with van der Waals surface area (Å²) in [5.41, 5.74) is 1.73. The zero-order valence-corrected chi connectivity index (χ0v) is 10.8. The molecule has 3 aromatic rings. The smallest absolute Gasteiger partial charge is 0.209 e. The molecule has 5 heteroatoms. The van der Waals surface area contributed by atoms with Crippen molar-refractivity contribution >= 4 is 11.1 Å². The molecule has 0 spiro atoms. The molecule has 0 fully saturated rings. The highest BCUT2D eigenvalue weighted by Crippen LogP contribution is 2.14. The Morgan fingerprint density at radius 1 is 1.32 bits per heavy atom. The van der Waals surface area contributed by atoms with Gasteiger partial charge in [-0.15, -0.1) is 0 Å². The van der Waals surface area contributed by atoms with Crippen molar-refractivity contribution in [2.75, 3.05) is 0 Å². The third-order valence-corrected chi connectivity index (χ3v) is 2.96. The number of hydrogen-bond donors (Lipinski definition) is 1. The van der Waals surface area contributed by atoms with E-state index in [9.17, 15) is 0 Å². The second-order valence-electron chi connectivity index (χ2n) is 4.59. The fourth-order valence-electron chi connectivity index (χ4n) is 2.01. The van der Waals surface area contributed by atoms with Crippen molar-refractivity contribution in [3.05, 3.63) is 48.6 Å². The Labute approximate surface area is 111 Å². The van der Waals surface area contributed by atoms with Crippen LogP contribution < -0.4 is 5.32 Å². The van der Waals surface area contributed by atoms with Gasteiger partial charge in [-0.2, -0.15) is 5.10 Å². The Morgan fingerprint density at radius 3 is 3.00 bits per heavy atom. The maximum atomic E-state index is 5.66. The molecule has 0 radical (unpaired) electrons. The second-order valence-corrected chi connectivity index (χ2v) is 4.59. The molecule has 5 nitrogen and oxygen atoms in total. The van der Waals surface area contributed by atoms with Gasteiger partial charge in [0.15, 0.2) is 5.58 Å². The first-order valence-electron chi connectivity index (χ1n) is 6.36. The van der Waals surface area contributed by atoms with Crippen LogP contribution in [0.1, 0.15) is 12.8 Å². The number of nitrogens with one attached hydrogen (secondary N) is 1. The number of para-hydroxylation sites is 2. The van der Waals surface area contributed by atoms with Gasteiger partial charge < -0.3 is 9.73 Å². The third-order valence-electron chi connectivity index (χ3n) is 2.96. The first kappa shape index (κ1) is 11.9. The fourth-order valence-corrected chi connectivity index (χ4v) is 2.01. The van der Waals surface area contributed by atoms with Gasteiger partial charge >= 0.3 is 0 Å². The van der Waals surface area contributed by atoms with E-state index in [1.165, 1.54) is 0 Å². The number of fused-ring (bicyclic) bond motifs is 1. The Balaban J connectivity index is 1.59. The average Bonchev–Trinajstić information content (AvgIpc) is 3.04. The number of rotatable bonds is 5. The van der Waals surface area contributed by atoms with E-state index in [4.69, 9.17) is 4.42 Å². The fraction of sp³-hybridized carbons (Fsp3) is 0.286. The number of aromatic nitrogens is 3. The summed E-state index contributed by atoms with van der Waals surface area (Å²) in [4.78, 5) is 4.43. The van der Waals surface area contributed by atoms with E-state index >= 15 is 0 Å². The average molecular weight is 256 g/mol. The lowest BCUT2D eigenvalue weighted by Crippen LogP contribution is -2.30. The molecule has 0 unspecified atom stereocenters. The number of benzene rings is 1. The molecule has 1 aromatic carbocycles. The zero-order valence-electron chi connectivity index (χ0n) is 10.8. The van der Waals surface area contributed by atoms with E-state index in [-0.39, 0.29) is 0 Å². The van der Waals surface area contributed by atoms with E-state index in [0.29, 0.717) is 18.5 Å². The van der Waals surface area contributed by atoms with Crippen LogP contribution in [0.2, 0.25) is 0 Å². The molecule has 1 atom stereocenters. The zero-order chi connectivity index (χ0) is 13.1. The highest BCUT2D eigenvalue weighted by Gasteiger charge is 2.07. The minimum absolute atomic E-state index is 0.301. The molecule has 3 rings (SSSR count). The molecule has 0 saturated heterocycles. The van der Waals surface area contributed by atoms with Gasteiger partial charge in [0.05, 0.1) is 13.1 Å². The number of hydrogen-bond acceptors (Lipinski definition) is 4. The number of oxazole rings is 1. The molecular formula is C14H16N4O. The first-order chi connectivity index (χ1) is 9.31. The summed E-state index contributed by atoms with van der Waals surface area (Å²) in [5, 5.41) is 7.56. The van der Waals surface area contributed by atoms with Gasteiger partial charge in [-0.3, -0.25) is 4.68 Å². The molecule has 2 aromatic heterocycles. The lowest BCUT2D eigenvalue weighted by Gasteiger charge is -2.12. The molecule has 1 N–H and O–H groups in total. The highest BCUT2D eigenvalue weighted by molar-refractivity contribution is 5.72. The van der Waals surface area contributed by atoms with Gasteiger partial charge in [0.1, 0.15) is 5.52 Å². The molecule has 0 aliphatic heterocycles. The summed E-state index contributed by atoms with van der Waals surface area (Å²) in [6.07, 6.45) is 3.74. The van der Waals surface area contributed by atoms with Crippen LogP contribution in [0.5, 0.6) is 0 Å². The van der Waals surface area contributed by atoms with Gasteiger partial charge in [0.2, 0.25) is 5.89 Å². The van der Waals surface area contributed by atoms with E-state index in [1.807, 2.05) is 41.2 Å². The van der Waals surface area contributed by atoms with Gasteiger partial charge in [0, 0.05) is 18.4 Å². The van der Waals surface area contributed by atoms with Crippen molar-refractivity contribution in [3.63, 3.8) is 0 Å². The van der Waals surface area contributed by atoms with Crippen LogP contribution in [0.25, 0.3) is 11.1 Å². The topological polar surface area (TPSA) is 55.9 Å². The molecule has 0 saturated carbocycles. The van der Waals surface area contributed by atoms with Gasteiger partial charge in [-0.25, -0.2) is 4.98 Å². The Hall–Kier alpha value is -2.14. The quantitative estimate of drug-likeness (QED) is 0.760. The molecule has 0 aliphatic rings. The van der Waals surface area contributed by atoms with Crippen LogP contribution >= 0.6 is 0 Å². The third kappa shape index (κ3) is 2.82. The van der Waals surface area contributed by atoms with E-state index < -0.39 is 0 Å². The molecule has 98 valence electrons. The van der Waals surface area contributed by atoms with Crippen molar-refractivity contribution in [1.82, 2.24) is 20.1 Å². The lowest BCUT2D eigenvalue weighted by atomic mass is 10.3. The largest absolute Gasteiger partial charge is 0.439 e. The van der Waals surface area contributed by atoms with Crippen molar-refractivity contribution in [1.29, 1.82) is 0 Å². The molecule has 2 heterocycles. The van der Waals surface area contributed by atoms with Crippen LogP contribution in [0, 0.1) is 0 Å². The summed E-state index contributed by atoms with van der Waals surface area (Å²) in [7, 11) is 0. The standard InChI is InChI=1S/C14H16N4O/c1-11(10-18-8-4-7-16-18)15-9-14-17-12-5-2-3-6-13(12)19-14/h2-8,11,15H,9-10H2,1H3/t11-/m1/s1. The molecule has 0 aliphatic carbocycles. The van der Waals surface area contributed by atoms with Crippen LogP contribution in [-0.4, -0.2) is 20.8 Å². The van der Waals surface area contributed by atoms with Crippen LogP contribution in [0.15, 0.2) is 47.1 Å². The van der Waals surface area contributed by atoms with Crippen molar-refractivity contribution in [2.24, 2.45) is 0 Å². The minimum atomic E-state index is 0.301. The monoisotopic (exact) mass is 256 g/mol. The van der Waals surface area contributed by atoms with Gasteiger partial charge in [-0.1, -0.05) is 12.1 Å². The number of nitrogens with zero attached hydrogens (tertiary/aromatic N) is 3. The lowest BCUT2D eigenvalue weighted by molar-refractivity contribution is 0.416. The maximum Gasteiger partial charge on any atom is 0.209 e. The van der Waals surface area contributed by atoms with Crippen LogP contribution in [-0.2, 0) is 13.1 Å². The van der Waals surface area contributed by atoms with E-state index in [2.05, 4.69) is 22.3 Å². The second kappa shape index (κ2) is 5.24. The summed E-state index contributed by atoms with van der Waals surface area (Å²) in [5.74, 6) is 0.716. The molecule has 0 bridgehead atoms. The first-order valence-corrected chi connectivity index (χ1v) is 6.36. The minimum Gasteiger partial charge on any atom is -0.439 e. The maximum absolute atomic E-state index is 5.66. The van der Waals surface area contributed by atoms with Gasteiger partial charge in [0.25, 0.3) is 0 Å². The van der Waals surface area contributed by atoms with E-state index in [1.54, 1.807) is 6.20 Å². The Kier molecular flexibility index (Phi) is 3.29. The Morgan fingerprint density at radius 2 is 2.21 bits per heavy atom. The van der Waals surface area contributed by atoms with Crippen molar-refractivity contribution in [3.8, 4) is 0 Å². The van der Waals surface area contributed by atoms with Gasteiger partial charge in [-0.05, 0) is 25.1 Å². The van der Waals surface area contributed by atoms with Crippen molar-refractivity contribution in [2.45, 2.75) is 26.1 Å². The summed E-state index contributed by atoms with van der Waals surface area (Å²) in [6, 6.07) is 10.0. The molecule has 19 heavy (non-hydrogen) atoms. The predicted molar refractivity (Wildman–Crippen MR) is 72.5 cm³/mol. The van der Waals surface area contributed by atoms with Crippen molar-refractivity contribution < 1.29 is 4.42 Å². The SMILES string of the molecule is C[C@H](Cn1cccn1)NCc1nc2ccccc2o1. The summed E-state index contributed by atoms with van der Waals surface area (Å²) in [6.45, 7) is 3.56. The van der Waals surface area contributed by atoms with Crippen LogP contribution in [0.3, 0.4) is 0 Å². The normalized spacial score (nSPS) is 12.9. The van der Waals surface area contributed by atoms with E-state index in [0.717, 1.165) is 17.6 Å². The highest BCUT2D eigenvalue weighted by atomic mass is 16.3. The Bertz CT molecular complexity index is 611. The summed E-state index contributed by atoms with van der Waals surface area (Å²) < 4.78 is 7.56. The summed E-state index contributed by atoms with van der Waals surface area (Å²) >= 11 is 0. The molecule has 0 amide bonds. The molecular weight excluding hydrogens is 240 g/mol. The van der Waals surface area contributed by atoms with Crippen LogP contribution in [0.4, 0.5) is 0 Å².